The molecule has 0 saturated heterocycles. The summed E-state index contributed by atoms with van der Waals surface area (Å²) >= 11 is 0. The molecule has 0 bridgehead atoms. The number of H-pyrrole nitrogens is 1. The second-order valence-corrected chi connectivity index (χ2v) is 6.42. The zero-order valence-corrected chi connectivity index (χ0v) is 14.8. The molecule has 9 nitrogen and oxygen atoms in total. The Morgan fingerprint density at radius 3 is 2.59 bits per heavy atom. The van der Waals surface area contributed by atoms with Gasteiger partial charge in [-0.05, 0) is 37.8 Å². The number of hydrogen-bond acceptors (Lipinski definition) is 5. The van der Waals surface area contributed by atoms with Crippen molar-refractivity contribution in [2.24, 2.45) is 5.10 Å². The molecule has 0 aliphatic heterocycles. The van der Waals surface area contributed by atoms with Crippen LogP contribution in [-0.2, 0) is 16.1 Å². The topological polar surface area (TPSA) is 125 Å². The summed E-state index contributed by atoms with van der Waals surface area (Å²) in [5.74, 6) is -1.07. The Morgan fingerprint density at radius 2 is 1.81 bits per heavy atom. The van der Waals surface area contributed by atoms with Crippen molar-refractivity contribution in [1.82, 2.24) is 20.3 Å². The summed E-state index contributed by atoms with van der Waals surface area (Å²) in [5, 5.41) is 6.76. The Kier molecular flexibility index (Phi) is 5.80. The second kappa shape index (κ2) is 8.43. The monoisotopic (exact) mass is 371 g/mol. The molecule has 0 atom stereocenters. The van der Waals surface area contributed by atoms with Gasteiger partial charge < -0.3 is 10.3 Å². The van der Waals surface area contributed by atoms with Gasteiger partial charge in [-0.3, -0.25) is 19.0 Å². The van der Waals surface area contributed by atoms with Crippen molar-refractivity contribution >= 4 is 28.4 Å². The van der Waals surface area contributed by atoms with Crippen molar-refractivity contribution in [3.05, 3.63) is 45.1 Å². The van der Waals surface area contributed by atoms with Gasteiger partial charge in [0.15, 0.2) is 0 Å². The molecule has 1 aliphatic rings. The van der Waals surface area contributed by atoms with E-state index in [4.69, 9.17) is 0 Å². The maximum atomic E-state index is 12.4. The average Bonchev–Trinajstić information content (AvgIpc) is 2.69. The number of carbonyl (C=O) groups excluding carboxylic acids is 2. The molecule has 3 N–H and O–H groups in total. The van der Waals surface area contributed by atoms with Crippen LogP contribution in [0.25, 0.3) is 10.9 Å². The quantitative estimate of drug-likeness (QED) is 0.651. The molecular weight excluding hydrogens is 350 g/mol. The third-order valence-electron chi connectivity index (χ3n) is 4.41. The highest BCUT2D eigenvalue weighted by atomic mass is 16.2. The van der Waals surface area contributed by atoms with Crippen LogP contribution in [0.3, 0.4) is 0 Å². The first-order chi connectivity index (χ1) is 13.0. The highest BCUT2D eigenvalue weighted by Crippen LogP contribution is 2.14. The molecule has 1 aliphatic carbocycles. The SMILES string of the molecule is O=C(Cn1c(=O)[nH]c2ccccc2c1=O)NCC(=O)NN=C1CCCCC1. The first-order valence-electron chi connectivity index (χ1n) is 8.87. The summed E-state index contributed by atoms with van der Waals surface area (Å²) in [7, 11) is 0. The van der Waals surface area contributed by atoms with Crippen molar-refractivity contribution < 1.29 is 9.59 Å². The maximum absolute atomic E-state index is 12.4. The summed E-state index contributed by atoms with van der Waals surface area (Å²) < 4.78 is 0.803. The van der Waals surface area contributed by atoms with Gasteiger partial charge in [-0.2, -0.15) is 5.10 Å². The van der Waals surface area contributed by atoms with E-state index in [1.54, 1.807) is 24.3 Å². The number of nitrogens with one attached hydrogen (secondary N) is 3. The van der Waals surface area contributed by atoms with Crippen LogP contribution >= 0.6 is 0 Å². The number of carbonyl (C=O) groups is 2. The van der Waals surface area contributed by atoms with Crippen molar-refractivity contribution in [3.8, 4) is 0 Å². The molecule has 142 valence electrons. The molecule has 3 rings (SSSR count). The minimum absolute atomic E-state index is 0.282. The summed E-state index contributed by atoms with van der Waals surface area (Å²) in [6.07, 6.45) is 5.07. The van der Waals surface area contributed by atoms with E-state index in [0.717, 1.165) is 36.0 Å². The smallest absolute Gasteiger partial charge is 0.329 e. The molecular formula is C18H21N5O4. The molecule has 2 aromatic rings. The minimum Gasteiger partial charge on any atom is -0.345 e. The van der Waals surface area contributed by atoms with Crippen molar-refractivity contribution in [2.45, 2.75) is 38.6 Å². The lowest BCUT2D eigenvalue weighted by molar-refractivity contribution is -0.126. The first-order valence-corrected chi connectivity index (χ1v) is 8.87. The number of aromatic nitrogens is 2. The number of hydrazone groups is 1. The van der Waals surface area contributed by atoms with Crippen LogP contribution in [-0.4, -0.2) is 33.6 Å². The van der Waals surface area contributed by atoms with Gasteiger partial charge in [-0.1, -0.05) is 18.6 Å². The molecule has 1 heterocycles. The number of aromatic amines is 1. The Morgan fingerprint density at radius 1 is 1.07 bits per heavy atom. The van der Waals surface area contributed by atoms with Gasteiger partial charge in [0.2, 0.25) is 5.91 Å². The lowest BCUT2D eigenvalue weighted by atomic mass is 9.99. The Hall–Kier alpha value is -3.23. The van der Waals surface area contributed by atoms with E-state index in [1.165, 1.54) is 6.42 Å². The fraction of sp³-hybridized carbons (Fsp3) is 0.389. The van der Waals surface area contributed by atoms with Crippen LogP contribution in [0.5, 0.6) is 0 Å². The van der Waals surface area contributed by atoms with Crippen molar-refractivity contribution in [3.63, 3.8) is 0 Å². The van der Waals surface area contributed by atoms with E-state index >= 15 is 0 Å². The number of benzene rings is 1. The lowest BCUT2D eigenvalue weighted by Gasteiger charge is -2.12. The number of hydrogen-bond donors (Lipinski definition) is 3. The zero-order chi connectivity index (χ0) is 19.2. The summed E-state index contributed by atoms with van der Waals surface area (Å²) in [5.41, 5.74) is 2.54. The number of para-hydroxylation sites is 1. The van der Waals surface area contributed by atoms with Crippen LogP contribution in [0.4, 0.5) is 0 Å². The third kappa shape index (κ3) is 4.69. The van der Waals surface area contributed by atoms with Crippen LogP contribution in [0.15, 0.2) is 39.0 Å². The lowest BCUT2D eigenvalue weighted by Crippen LogP contribution is -2.42. The third-order valence-corrected chi connectivity index (χ3v) is 4.41. The molecule has 2 amide bonds. The van der Waals surface area contributed by atoms with Gasteiger partial charge >= 0.3 is 5.69 Å². The highest BCUT2D eigenvalue weighted by molar-refractivity contribution is 5.88. The Bertz CT molecular complexity index is 997. The van der Waals surface area contributed by atoms with Gasteiger partial charge in [0.05, 0.1) is 17.4 Å². The first kappa shape index (κ1) is 18.6. The normalized spacial score (nSPS) is 14.0. The van der Waals surface area contributed by atoms with Gasteiger partial charge in [-0.25, -0.2) is 10.2 Å². The van der Waals surface area contributed by atoms with E-state index < -0.39 is 29.6 Å². The van der Waals surface area contributed by atoms with Gasteiger partial charge in [-0.15, -0.1) is 0 Å². The number of nitrogens with zero attached hydrogens (tertiary/aromatic N) is 2. The number of fused-ring (bicyclic) bond motifs is 1. The maximum Gasteiger partial charge on any atom is 0.329 e. The van der Waals surface area contributed by atoms with Crippen molar-refractivity contribution in [1.29, 1.82) is 0 Å². The largest absolute Gasteiger partial charge is 0.345 e. The highest BCUT2D eigenvalue weighted by Gasteiger charge is 2.12. The zero-order valence-electron chi connectivity index (χ0n) is 14.8. The van der Waals surface area contributed by atoms with Crippen LogP contribution in [0.1, 0.15) is 32.1 Å². The predicted octanol–water partition coefficient (Wildman–Crippen LogP) is 0.242. The number of amides is 2. The van der Waals surface area contributed by atoms with Crippen LogP contribution in [0.2, 0.25) is 0 Å². The second-order valence-electron chi connectivity index (χ2n) is 6.42. The molecule has 1 fully saturated rings. The average molecular weight is 371 g/mol. The molecule has 1 aromatic carbocycles. The molecule has 9 heteroatoms. The predicted molar refractivity (Wildman–Crippen MR) is 101 cm³/mol. The molecule has 1 aromatic heterocycles. The molecule has 0 spiro atoms. The van der Waals surface area contributed by atoms with E-state index in [9.17, 15) is 19.2 Å². The standard InChI is InChI=1S/C18H21N5O4/c24-15(22-21-12-6-2-1-3-7-12)10-19-16(25)11-23-17(26)13-8-4-5-9-14(13)20-18(23)27/h4-5,8-9H,1-3,6-7,10-11H2,(H,19,25)(H,20,27)(H,22,24). The van der Waals surface area contributed by atoms with Gasteiger partial charge in [0, 0.05) is 5.71 Å². The molecule has 1 saturated carbocycles. The number of rotatable bonds is 5. The van der Waals surface area contributed by atoms with Gasteiger partial charge in [0.25, 0.3) is 11.5 Å². The van der Waals surface area contributed by atoms with E-state index in [1.807, 2.05) is 0 Å². The molecule has 27 heavy (non-hydrogen) atoms. The summed E-state index contributed by atoms with van der Waals surface area (Å²) in [4.78, 5) is 50.8. The van der Waals surface area contributed by atoms with E-state index in [0.29, 0.717) is 10.9 Å². The summed E-state index contributed by atoms with van der Waals surface area (Å²) in [6.45, 7) is -0.753. The van der Waals surface area contributed by atoms with E-state index in [-0.39, 0.29) is 6.54 Å². The van der Waals surface area contributed by atoms with E-state index in [2.05, 4.69) is 20.8 Å². The fourth-order valence-corrected chi connectivity index (χ4v) is 2.97. The summed E-state index contributed by atoms with van der Waals surface area (Å²) in [6, 6.07) is 6.55. The molecule has 0 radical (unpaired) electrons. The minimum atomic E-state index is -0.679. The van der Waals surface area contributed by atoms with Crippen LogP contribution < -0.4 is 22.0 Å². The fourth-order valence-electron chi connectivity index (χ4n) is 2.97. The molecule has 0 unspecified atom stereocenters. The Labute approximate surface area is 154 Å². The Balaban J connectivity index is 1.58. The van der Waals surface area contributed by atoms with Crippen molar-refractivity contribution in [2.75, 3.05) is 6.54 Å². The van der Waals surface area contributed by atoms with Gasteiger partial charge in [0.1, 0.15) is 6.54 Å². The van der Waals surface area contributed by atoms with Crippen LogP contribution in [0, 0.1) is 0 Å².